The summed E-state index contributed by atoms with van der Waals surface area (Å²) in [6.07, 6.45) is 2.44. The second-order valence-corrected chi connectivity index (χ2v) is 5.32. The van der Waals surface area contributed by atoms with Gasteiger partial charge in [-0.2, -0.15) is 0 Å². The van der Waals surface area contributed by atoms with Gasteiger partial charge in [0, 0.05) is 17.3 Å². The fourth-order valence-electron chi connectivity index (χ4n) is 2.11. The SMILES string of the molecule is O=C(Cc1ccc(Br)cc1)CC1CCNC1. The first-order valence-electron chi connectivity index (χ1n) is 5.71. The Morgan fingerprint density at radius 2 is 2.12 bits per heavy atom. The van der Waals surface area contributed by atoms with E-state index in [1.165, 1.54) is 0 Å². The van der Waals surface area contributed by atoms with Crippen LogP contribution in [0, 0.1) is 5.92 Å². The van der Waals surface area contributed by atoms with Gasteiger partial charge < -0.3 is 5.32 Å². The van der Waals surface area contributed by atoms with Crippen molar-refractivity contribution in [2.24, 2.45) is 5.92 Å². The molecule has 1 heterocycles. The smallest absolute Gasteiger partial charge is 0.137 e. The van der Waals surface area contributed by atoms with Crippen LogP contribution in [0.3, 0.4) is 0 Å². The standard InChI is InChI=1S/C13H16BrNO/c14-12-3-1-10(2-4-12)7-13(16)8-11-5-6-15-9-11/h1-4,11,15H,5-9H2. The van der Waals surface area contributed by atoms with Gasteiger partial charge >= 0.3 is 0 Å². The first-order chi connectivity index (χ1) is 7.74. The van der Waals surface area contributed by atoms with E-state index in [0.29, 0.717) is 18.1 Å². The number of ketones is 1. The van der Waals surface area contributed by atoms with E-state index in [9.17, 15) is 4.79 Å². The third-order valence-electron chi connectivity index (χ3n) is 2.99. The van der Waals surface area contributed by atoms with Crippen LogP contribution in [0.25, 0.3) is 0 Å². The van der Waals surface area contributed by atoms with Gasteiger partial charge in [-0.15, -0.1) is 0 Å². The van der Waals surface area contributed by atoms with Crippen LogP contribution in [0.1, 0.15) is 18.4 Å². The summed E-state index contributed by atoms with van der Waals surface area (Å²) < 4.78 is 1.06. The van der Waals surface area contributed by atoms with Gasteiger partial charge in [-0.25, -0.2) is 0 Å². The summed E-state index contributed by atoms with van der Waals surface area (Å²) in [6, 6.07) is 7.99. The first-order valence-corrected chi connectivity index (χ1v) is 6.50. The molecule has 16 heavy (non-hydrogen) atoms. The molecule has 1 atom stereocenters. The molecule has 1 unspecified atom stereocenters. The van der Waals surface area contributed by atoms with Crippen LogP contribution in [-0.2, 0) is 11.2 Å². The van der Waals surface area contributed by atoms with Crippen LogP contribution in [0.15, 0.2) is 28.7 Å². The molecule has 3 heteroatoms. The van der Waals surface area contributed by atoms with E-state index < -0.39 is 0 Å². The molecule has 2 rings (SSSR count). The molecular weight excluding hydrogens is 266 g/mol. The predicted octanol–water partition coefficient (Wildman–Crippen LogP) is 2.56. The molecule has 1 aromatic carbocycles. The Bertz CT molecular complexity index is 355. The molecule has 1 N–H and O–H groups in total. The Morgan fingerprint density at radius 1 is 1.38 bits per heavy atom. The van der Waals surface area contributed by atoms with Gasteiger partial charge in [0.1, 0.15) is 5.78 Å². The molecular formula is C13H16BrNO. The average Bonchev–Trinajstić information content (AvgIpc) is 2.74. The van der Waals surface area contributed by atoms with E-state index in [0.717, 1.165) is 36.0 Å². The number of hydrogen-bond acceptors (Lipinski definition) is 2. The molecule has 1 fully saturated rings. The van der Waals surface area contributed by atoms with Crippen molar-refractivity contribution in [1.82, 2.24) is 5.32 Å². The quantitative estimate of drug-likeness (QED) is 0.919. The van der Waals surface area contributed by atoms with E-state index in [1.807, 2.05) is 24.3 Å². The lowest BCUT2D eigenvalue weighted by atomic mass is 9.98. The topological polar surface area (TPSA) is 29.1 Å². The number of carbonyl (C=O) groups excluding carboxylic acids is 1. The zero-order valence-electron chi connectivity index (χ0n) is 9.21. The minimum atomic E-state index is 0.357. The number of Topliss-reactive ketones (excluding diaryl/α,β-unsaturated/α-hetero) is 1. The summed E-state index contributed by atoms with van der Waals surface area (Å²) >= 11 is 3.39. The second-order valence-electron chi connectivity index (χ2n) is 4.40. The van der Waals surface area contributed by atoms with Crippen molar-refractivity contribution in [3.05, 3.63) is 34.3 Å². The number of nitrogens with one attached hydrogen (secondary N) is 1. The predicted molar refractivity (Wildman–Crippen MR) is 68.4 cm³/mol. The number of carbonyl (C=O) groups is 1. The van der Waals surface area contributed by atoms with Gasteiger partial charge in [-0.1, -0.05) is 28.1 Å². The third-order valence-corrected chi connectivity index (χ3v) is 3.52. The summed E-state index contributed by atoms with van der Waals surface area (Å²) in [7, 11) is 0. The van der Waals surface area contributed by atoms with Gasteiger partial charge in [0.25, 0.3) is 0 Å². The molecule has 2 nitrogen and oxygen atoms in total. The Balaban J connectivity index is 1.84. The Morgan fingerprint density at radius 3 is 2.75 bits per heavy atom. The highest BCUT2D eigenvalue weighted by atomic mass is 79.9. The maximum atomic E-state index is 11.8. The zero-order chi connectivity index (χ0) is 11.4. The van der Waals surface area contributed by atoms with E-state index in [1.54, 1.807) is 0 Å². The lowest BCUT2D eigenvalue weighted by Crippen LogP contribution is -2.14. The molecule has 0 bridgehead atoms. The van der Waals surface area contributed by atoms with Crippen molar-refractivity contribution < 1.29 is 4.79 Å². The van der Waals surface area contributed by atoms with Crippen molar-refractivity contribution in [1.29, 1.82) is 0 Å². The Kier molecular flexibility index (Phi) is 4.13. The summed E-state index contributed by atoms with van der Waals surface area (Å²) in [5.41, 5.74) is 1.11. The van der Waals surface area contributed by atoms with Crippen molar-refractivity contribution in [2.75, 3.05) is 13.1 Å². The molecule has 0 amide bonds. The lowest BCUT2D eigenvalue weighted by molar-refractivity contribution is -0.119. The number of hydrogen-bond donors (Lipinski definition) is 1. The minimum absolute atomic E-state index is 0.357. The third kappa shape index (κ3) is 3.42. The number of rotatable bonds is 4. The molecule has 1 saturated heterocycles. The fraction of sp³-hybridized carbons (Fsp3) is 0.462. The number of halogens is 1. The van der Waals surface area contributed by atoms with E-state index in [-0.39, 0.29) is 0 Å². The van der Waals surface area contributed by atoms with Crippen molar-refractivity contribution >= 4 is 21.7 Å². The maximum Gasteiger partial charge on any atom is 0.137 e. The van der Waals surface area contributed by atoms with Crippen LogP contribution in [0.4, 0.5) is 0 Å². The van der Waals surface area contributed by atoms with Crippen molar-refractivity contribution in [2.45, 2.75) is 19.3 Å². The zero-order valence-corrected chi connectivity index (χ0v) is 10.8. The van der Waals surface area contributed by atoms with Gasteiger partial charge in [0.05, 0.1) is 0 Å². The maximum absolute atomic E-state index is 11.8. The van der Waals surface area contributed by atoms with E-state index in [2.05, 4.69) is 21.2 Å². The van der Waals surface area contributed by atoms with Crippen LogP contribution >= 0.6 is 15.9 Å². The van der Waals surface area contributed by atoms with E-state index in [4.69, 9.17) is 0 Å². The molecule has 0 spiro atoms. The summed E-state index contributed by atoms with van der Waals surface area (Å²) in [5.74, 6) is 0.916. The van der Waals surface area contributed by atoms with Crippen molar-refractivity contribution in [3.63, 3.8) is 0 Å². The molecule has 1 aliphatic rings. The van der Waals surface area contributed by atoms with Gasteiger partial charge in [0.15, 0.2) is 0 Å². The van der Waals surface area contributed by atoms with Crippen molar-refractivity contribution in [3.8, 4) is 0 Å². The summed E-state index contributed by atoms with van der Waals surface area (Å²) in [6.45, 7) is 2.07. The second kappa shape index (κ2) is 5.60. The molecule has 86 valence electrons. The molecule has 1 aliphatic heterocycles. The monoisotopic (exact) mass is 281 g/mol. The van der Waals surface area contributed by atoms with Gasteiger partial charge in [0.2, 0.25) is 0 Å². The highest BCUT2D eigenvalue weighted by Crippen LogP contribution is 2.15. The summed E-state index contributed by atoms with van der Waals surface area (Å²) in [4.78, 5) is 11.8. The summed E-state index contributed by atoms with van der Waals surface area (Å²) in [5, 5.41) is 3.29. The fourth-order valence-corrected chi connectivity index (χ4v) is 2.38. The molecule has 0 aromatic heterocycles. The Hall–Kier alpha value is -0.670. The molecule has 1 aromatic rings. The number of benzene rings is 1. The highest BCUT2D eigenvalue weighted by molar-refractivity contribution is 9.10. The van der Waals surface area contributed by atoms with Crippen LogP contribution in [0.5, 0.6) is 0 Å². The normalized spacial score (nSPS) is 19.9. The van der Waals surface area contributed by atoms with E-state index >= 15 is 0 Å². The lowest BCUT2D eigenvalue weighted by Gasteiger charge is -2.07. The Labute approximate surface area is 105 Å². The van der Waals surface area contributed by atoms with Crippen LogP contribution < -0.4 is 5.32 Å². The first kappa shape index (κ1) is 11.8. The largest absolute Gasteiger partial charge is 0.316 e. The highest BCUT2D eigenvalue weighted by Gasteiger charge is 2.17. The van der Waals surface area contributed by atoms with Crippen LogP contribution in [0.2, 0.25) is 0 Å². The molecule has 0 saturated carbocycles. The van der Waals surface area contributed by atoms with Gasteiger partial charge in [-0.3, -0.25) is 4.79 Å². The van der Waals surface area contributed by atoms with Crippen LogP contribution in [-0.4, -0.2) is 18.9 Å². The molecule has 0 radical (unpaired) electrons. The van der Waals surface area contributed by atoms with Gasteiger partial charge in [-0.05, 0) is 43.1 Å². The minimum Gasteiger partial charge on any atom is -0.316 e. The molecule has 0 aliphatic carbocycles. The average molecular weight is 282 g/mol.